The van der Waals surface area contributed by atoms with Crippen LogP contribution in [-0.2, 0) is 4.74 Å². The van der Waals surface area contributed by atoms with Crippen molar-refractivity contribution in [2.45, 2.75) is 36.8 Å². The van der Waals surface area contributed by atoms with Gasteiger partial charge >= 0.3 is 0 Å². The highest BCUT2D eigenvalue weighted by Gasteiger charge is 2.21. The Kier molecular flexibility index (Phi) is 5.47. The Bertz CT molecular complexity index is 369. The second-order valence-corrected chi connectivity index (χ2v) is 5.77. The summed E-state index contributed by atoms with van der Waals surface area (Å²) < 4.78 is 18.6. The highest BCUT2D eigenvalue weighted by Crippen LogP contribution is 2.18. The third-order valence-electron chi connectivity index (χ3n) is 3.16. The van der Waals surface area contributed by atoms with Crippen LogP contribution in [0.2, 0.25) is 0 Å². The number of hydrogen-bond donors (Lipinski definition) is 1. The quantitative estimate of drug-likeness (QED) is 0.633. The maximum Gasteiger partial charge on any atom is 0.124 e. The Hall–Kier alpha value is -0.580. The van der Waals surface area contributed by atoms with E-state index in [1.807, 2.05) is 6.07 Å². The van der Waals surface area contributed by atoms with E-state index in [2.05, 4.69) is 12.2 Å². The van der Waals surface area contributed by atoms with Gasteiger partial charge in [-0.05, 0) is 38.0 Å². The van der Waals surface area contributed by atoms with Gasteiger partial charge < -0.3 is 10.1 Å². The van der Waals surface area contributed by atoms with Crippen molar-refractivity contribution in [1.29, 1.82) is 0 Å². The van der Waals surface area contributed by atoms with Crippen LogP contribution in [0.4, 0.5) is 4.39 Å². The highest BCUT2D eigenvalue weighted by atomic mass is 32.2. The fourth-order valence-corrected chi connectivity index (χ4v) is 2.97. The lowest BCUT2D eigenvalue weighted by Crippen LogP contribution is -2.38. The molecule has 0 radical (unpaired) electrons. The Morgan fingerprint density at radius 1 is 1.56 bits per heavy atom. The molecule has 1 fully saturated rings. The van der Waals surface area contributed by atoms with E-state index in [0.29, 0.717) is 12.1 Å². The SMILES string of the molecule is CC(NCCSc1cccc(F)c1)C1CCCO1. The van der Waals surface area contributed by atoms with E-state index in [4.69, 9.17) is 4.74 Å². The Labute approximate surface area is 112 Å². The van der Waals surface area contributed by atoms with Crippen molar-refractivity contribution in [3.8, 4) is 0 Å². The smallest absolute Gasteiger partial charge is 0.124 e. The summed E-state index contributed by atoms with van der Waals surface area (Å²) in [6.45, 7) is 3.99. The Morgan fingerprint density at radius 2 is 2.44 bits per heavy atom. The molecule has 2 rings (SSSR count). The van der Waals surface area contributed by atoms with Crippen molar-refractivity contribution in [2.24, 2.45) is 0 Å². The van der Waals surface area contributed by atoms with E-state index in [-0.39, 0.29) is 5.82 Å². The molecule has 1 N–H and O–H groups in total. The second kappa shape index (κ2) is 7.12. The van der Waals surface area contributed by atoms with E-state index in [0.717, 1.165) is 30.2 Å². The van der Waals surface area contributed by atoms with Crippen LogP contribution >= 0.6 is 11.8 Å². The average Bonchev–Trinajstić information content (AvgIpc) is 2.88. The molecule has 1 aromatic carbocycles. The zero-order valence-electron chi connectivity index (χ0n) is 10.7. The first-order valence-electron chi connectivity index (χ1n) is 6.49. The molecular formula is C14H20FNOS. The standard InChI is InChI=1S/C14H20FNOS/c1-11(14-6-3-8-17-14)16-7-9-18-13-5-2-4-12(15)10-13/h2,4-5,10-11,14,16H,3,6-9H2,1H3. The minimum Gasteiger partial charge on any atom is -0.377 e. The molecule has 2 nitrogen and oxygen atoms in total. The largest absolute Gasteiger partial charge is 0.377 e. The van der Waals surface area contributed by atoms with Gasteiger partial charge in [0.1, 0.15) is 5.82 Å². The third-order valence-corrected chi connectivity index (χ3v) is 4.15. The number of ether oxygens (including phenoxy) is 1. The molecule has 0 saturated carbocycles. The lowest BCUT2D eigenvalue weighted by atomic mass is 10.1. The van der Waals surface area contributed by atoms with Crippen LogP contribution in [-0.4, -0.2) is 31.1 Å². The molecule has 2 unspecified atom stereocenters. The summed E-state index contributed by atoms with van der Waals surface area (Å²) in [7, 11) is 0. The molecule has 0 amide bonds. The van der Waals surface area contributed by atoms with Gasteiger partial charge in [-0.1, -0.05) is 6.07 Å². The molecule has 1 saturated heterocycles. The van der Waals surface area contributed by atoms with E-state index in [9.17, 15) is 4.39 Å². The Morgan fingerprint density at radius 3 is 3.17 bits per heavy atom. The number of hydrogen-bond acceptors (Lipinski definition) is 3. The zero-order chi connectivity index (χ0) is 12.8. The van der Waals surface area contributed by atoms with Crippen molar-refractivity contribution in [3.05, 3.63) is 30.1 Å². The van der Waals surface area contributed by atoms with Crippen LogP contribution in [0.15, 0.2) is 29.2 Å². The maximum absolute atomic E-state index is 13.0. The monoisotopic (exact) mass is 269 g/mol. The summed E-state index contributed by atoms with van der Waals surface area (Å²) >= 11 is 1.68. The predicted octanol–water partition coefficient (Wildman–Crippen LogP) is 3.07. The normalized spacial score (nSPS) is 21.1. The summed E-state index contributed by atoms with van der Waals surface area (Å²) in [4.78, 5) is 0.988. The van der Waals surface area contributed by atoms with Crippen LogP contribution in [0, 0.1) is 5.82 Å². The maximum atomic E-state index is 13.0. The van der Waals surface area contributed by atoms with Gasteiger partial charge in [0, 0.05) is 29.8 Å². The van der Waals surface area contributed by atoms with Crippen LogP contribution in [0.1, 0.15) is 19.8 Å². The van der Waals surface area contributed by atoms with Gasteiger partial charge in [-0.25, -0.2) is 4.39 Å². The van der Waals surface area contributed by atoms with Gasteiger partial charge in [0.05, 0.1) is 6.10 Å². The summed E-state index contributed by atoms with van der Waals surface area (Å²) in [5.74, 6) is 0.779. The molecule has 0 spiro atoms. The van der Waals surface area contributed by atoms with E-state index in [1.165, 1.54) is 12.5 Å². The first-order valence-corrected chi connectivity index (χ1v) is 7.47. The van der Waals surface area contributed by atoms with Gasteiger partial charge in [-0.3, -0.25) is 0 Å². The summed E-state index contributed by atoms with van der Waals surface area (Å²) in [6, 6.07) is 7.15. The summed E-state index contributed by atoms with van der Waals surface area (Å²) in [5.41, 5.74) is 0. The Balaban J connectivity index is 1.63. The molecule has 1 aromatic rings. The number of rotatable bonds is 6. The second-order valence-electron chi connectivity index (χ2n) is 4.60. The molecule has 0 aromatic heterocycles. The van der Waals surface area contributed by atoms with Crippen LogP contribution < -0.4 is 5.32 Å². The summed E-state index contributed by atoms with van der Waals surface area (Å²) in [6.07, 6.45) is 2.70. The number of nitrogens with one attached hydrogen (secondary N) is 1. The number of halogens is 1. The summed E-state index contributed by atoms with van der Waals surface area (Å²) in [5, 5.41) is 3.47. The lowest BCUT2D eigenvalue weighted by Gasteiger charge is -2.19. The molecule has 4 heteroatoms. The molecular weight excluding hydrogens is 249 g/mol. The molecule has 1 aliphatic heterocycles. The fourth-order valence-electron chi connectivity index (χ4n) is 2.14. The average molecular weight is 269 g/mol. The molecule has 0 bridgehead atoms. The minimum atomic E-state index is -0.166. The molecule has 0 aliphatic carbocycles. The third kappa shape index (κ3) is 4.26. The van der Waals surface area contributed by atoms with Crippen molar-refractivity contribution < 1.29 is 9.13 Å². The van der Waals surface area contributed by atoms with Gasteiger partial charge in [-0.15, -0.1) is 11.8 Å². The number of thioether (sulfide) groups is 1. The molecule has 1 heterocycles. The fraction of sp³-hybridized carbons (Fsp3) is 0.571. The van der Waals surface area contributed by atoms with Crippen molar-refractivity contribution in [2.75, 3.05) is 18.9 Å². The van der Waals surface area contributed by atoms with Crippen LogP contribution in [0.5, 0.6) is 0 Å². The van der Waals surface area contributed by atoms with E-state index >= 15 is 0 Å². The molecule has 2 atom stereocenters. The van der Waals surface area contributed by atoms with Gasteiger partial charge in [0.25, 0.3) is 0 Å². The van der Waals surface area contributed by atoms with Gasteiger partial charge in [0.15, 0.2) is 0 Å². The molecule has 1 aliphatic rings. The zero-order valence-corrected chi connectivity index (χ0v) is 11.5. The first kappa shape index (κ1) is 13.8. The number of benzene rings is 1. The lowest BCUT2D eigenvalue weighted by molar-refractivity contribution is 0.0844. The van der Waals surface area contributed by atoms with Crippen LogP contribution in [0.25, 0.3) is 0 Å². The molecule has 18 heavy (non-hydrogen) atoms. The van der Waals surface area contributed by atoms with Crippen molar-refractivity contribution in [3.63, 3.8) is 0 Å². The van der Waals surface area contributed by atoms with Crippen molar-refractivity contribution >= 4 is 11.8 Å². The minimum absolute atomic E-state index is 0.166. The first-order chi connectivity index (χ1) is 8.75. The van der Waals surface area contributed by atoms with E-state index in [1.54, 1.807) is 23.9 Å². The van der Waals surface area contributed by atoms with E-state index < -0.39 is 0 Å². The highest BCUT2D eigenvalue weighted by molar-refractivity contribution is 7.99. The van der Waals surface area contributed by atoms with Crippen molar-refractivity contribution in [1.82, 2.24) is 5.32 Å². The van der Waals surface area contributed by atoms with Gasteiger partial charge in [0.2, 0.25) is 0 Å². The van der Waals surface area contributed by atoms with Gasteiger partial charge in [-0.2, -0.15) is 0 Å². The molecule has 100 valence electrons. The topological polar surface area (TPSA) is 21.3 Å². The predicted molar refractivity (Wildman–Crippen MR) is 73.6 cm³/mol. The van der Waals surface area contributed by atoms with Crippen LogP contribution in [0.3, 0.4) is 0 Å².